The SMILES string of the molecule is NC(=S)c1cccc(-c2cn(C3CCC(F)(F)CC3)c3cc(NCCC4CN(C(=O)CCCC#Cc5cccc6c5CN(C5CCC(=O)NC5=O)C6=O)C4)ccc23)c1. The number of imide groups is 1. The highest BCUT2D eigenvalue weighted by Gasteiger charge is 2.40. The van der Waals surface area contributed by atoms with Crippen LogP contribution in [-0.2, 0) is 20.9 Å². The number of anilines is 1. The van der Waals surface area contributed by atoms with Gasteiger partial charge in [-0.2, -0.15) is 0 Å². The van der Waals surface area contributed by atoms with Gasteiger partial charge in [-0.25, -0.2) is 8.78 Å². The van der Waals surface area contributed by atoms with Crippen LogP contribution in [0, 0.1) is 17.8 Å². The predicted octanol–water partition coefficient (Wildman–Crippen LogP) is 6.94. The van der Waals surface area contributed by atoms with Crippen molar-refractivity contribution in [2.24, 2.45) is 11.7 Å². The van der Waals surface area contributed by atoms with Crippen LogP contribution in [0.25, 0.3) is 22.0 Å². The number of amides is 4. The number of hydrogen-bond acceptors (Lipinski definition) is 6. The maximum absolute atomic E-state index is 14.1. The third-order valence-electron chi connectivity index (χ3n) is 12.1. The molecule has 4 heterocycles. The molecule has 300 valence electrons. The summed E-state index contributed by atoms with van der Waals surface area (Å²) in [5, 5.41) is 6.93. The van der Waals surface area contributed by atoms with Gasteiger partial charge in [-0.3, -0.25) is 24.5 Å². The smallest absolute Gasteiger partial charge is 0.255 e. The van der Waals surface area contributed by atoms with Crippen LogP contribution in [-0.4, -0.2) is 74.6 Å². The molecule has 10 nitrogen and oxygen atoms in total. The summed E-state index contributed by atoms with van der Waals surface area (Å²) in [5.41, 5.74) is 12.7. The zero-order valence-electron chi connectivity index (χ0n) is 32.2. The first-order chi connectivity index (χ1) is 27.9. The van der Waals surface area contributed by atoms with E-state index in [1.54, 1.807) is 12.1 Å². The molecule has 1 aromatic heterocycles. The number of hydrogen-bond donors (Lipinski definition) is 3. The van der Waals surface area contributed by atoms with Crippen LogP contribution in [0.1, 0.15) is 97.3 Å². The van der Waals surface area contributed by atoms with Gasteiger partial charge in [0.25, 0.3) is 5.91 Å². The number of likely N-dealkylation sites (tertiary alicyclic amines) is 1. The zero-order valence-corrected chi connectivity index (χ0v) is 33.0. The van der Waals surface area contributed by atoms with Crippen LogP contribution in [0.15, 0.2) is 66.9 Å². The fraction of sp³-hybridized carbons (Fsp3) is 0.400. The molecule has 8 rings (SSSR count). The maximum atomic E-state index is 14.1. The molecule has 4 amide bonds. The molecule has 3 aromatic carbocycles. The van der Waals surface area contributed by atoms with Crippen molar-refractivity contribution in [3.05, 3.63) is 89.1 Å². The van der Waals surface area contributed by atoms with E-state index in [1.165, 1.54) is 4.90 Å². The van der Waals surface area contributed by atoms with E-state index in [0.717, 1.165) is 70.5 Å². The fourth-order valence-electron chi connectivity index (χ4n) is 8.76. The summed E-state index contributed by atoms with van der Waals surface area (Å²) in [5.74, 6) is 3.27. The quantitative estimate of drug-likeness (QED) is 0.0649. The van der Waals surface area contributed by atoms with Crippen LogP contribution in [0.5, 0.6) is 0 Å². The van der Waals surface area contributed by atoms with Crippen LogP contribution < -0.4 is 16.4 Å². The van der Waals surface area contributed by atoms with E-state index < -0.39 is 17.9 Å². The lowest BCUT2D eigenvalue weighted by Crippen LogP contribution is -2.52. The molecule has 0 radical (unpaired) electrons. The van der Waals surface area contributed by atoms with Crippen molar-refractivity contribution in [1.29, 1.82) is 0 Å². The fourth-order valence-corrected chi connectivity index (χ4v) is 8.89. The van der Waals surface area contributed by atoms with Crippen LogP contribution >= 0.6 is 12.2 Å². The van der Waals surface area contributed by atoms with Gasteiger partial charge in [0, 0.05) is 104 Å². The molecule has 13 heteroatoms. The van der Waals surface area contributed by atoms with Gasteiger partial charge >= 0.3 is 0 Å². The minimum Gasteiger partial charge on any atom is -0.389 e. The summed E-state index contributed by atoms with van der Waals surface area (Å²) in [4.78, 5) is 53.8. The Kier molecular flexibility index (Phi) is 11.0. The number of nitrogens with zero attached hydrogens (tertiary/aromatic N) is 3. The number of piperidine rings is 1. The van der Waals surface area contributed by atoms with Crippen LogP contribution in [0.2, 0.25) is 0 Å². The summed E-state index contributed by atoms with van der Waals surface area (Å²) in [6.07, 6.45) is 5.69. The lowest BCUT2D eigenvalue weighted by atomic mass is 9.92. The molecule has 4 N–H and O–H groups in total. The van der Waals surface area contributed by atoms with E-state index in [2.05, 4.69) is 51.4 Å². The second kappa shape index (κ2) is 16.3. The number of thiocarbonyl (C=S) groups is 1. The van der Waals surface area contributed by atoms with Gasteiger partial charge in [0.15, 0.2) is 0 Å². The highest BCUT2D eigenvalue weighted by molar-refractivity contribution is 7.80. The number of aromatic nitrogens is 1. The Morgan fingerprint density at radius 1 is 1.00 bits per heavy atom. The standard InChI is InChI=1S/C45H46F2N6O4S/c46-45(47)19-16-33(17-20-45)52-26-37(30-8-4-9-31(22-30)42(48)58)34-13-12-32(23-39(34)52)49-21-18-28-24-51(25-28)41(55)11-3-1-2-6-29-7-5-10-35-36(29)27-53(44(35)57)38-14-15-40(54)50-43(38)56/h4-5,7-10,12-13,22-23,26,28,33,38,49H,1,3,11,14-21,24-25,27H2,(H2,48,58)(H,50,54,56). The average molecular weight is 805 g/mol. The second-order valence-electron chi connectivity index (χ2n) is 16.0. The average Bonchev–Trinajstić information content (AvgIpc) is 3.73. The van der Waals surface area contributed by atoms with Crippen molar-refractivity contribution in [2.75, 3.05) is 25.0 Å². The molecule has 1 aliphatic carbocycles. The number of nitrogens with one attached hydrogen (secondary N) is 2. The molecule has 1 saturated carbocycles. The highest BCUT2D eigenvalue weighted by Crippen LogP contribution is 2.42. The van der Waals surface area contributed by atoms with Crippen molar-refractivity contribution >= 4 is 57.4 Å². The third-order valence-corrected chi connectivity index (χ3v) is 12.3. The molecule has 2 saturated heterocycles. The Bertz CT molecular complexity index is 2370. The lowest BCUT2D eigenvalue weighted by molar-refractivity contribution is -0.138. The van der Waals surface area contributed by atoms with Gasteiger partial charge < -0.3 is 25.4 Å². The van der Waals surface area contributed by atoms with Crippen molar-refractivity contribution in [1.82, 2.24) is 19.7 Å². The summed E-state index contributed by atoms with van der Waals surface area (Å²) in [6, 6.07) is 18.8. The van der Waals surface area contributed by atoms with Gasteiger partial charge in [0.2, 0.25) is 23.6 Å². The lowest BCUT2D eigenvalue weighted by Gasteiger charge is -2.39. The number of rotatable bonds is 11. The Hall–Kier alpha value is -5.61. The van der Waals surface area contributed by atoms with Crippen molar-refractivity contribution < 1.29 is 28.0 Å². The number of carbonyl (C=O) groups excluding carboxylic acids is 4. The number of halogens is 2. The molecule has 0 bridgehead atoms. The topological polar surface area (TPSA) is 130 Å². The van der Waals surface area contributed by atoms with Crippen LogP contribution in [0.4, 0.5) is 14.5 Å². The summed E-state index contributed by atoms with van der Waals surface area (Å²) in [6.45, 7) is 2.46. The minimum absolute atomic E-state index is 0.0214. The molecule has 3 aliphatic heterocycles. The van der Waals surface area contributed by atoms with Crippen molar-refractivity contribution in [3.63, 3.8) is 0 Å². The summed E-state index contributed by atoms with van der Waals surface area (Å²) in [7, 11) is 0. The van der Waals surface area contributed by atoms with E-state index in [4.69, 9.17) is 18.0 Å². The Labute approximate surface area is 341 Å². The normalized spacial score (nSPS) is 19.3. The van der Waals surface area contributed by atoms with E-state index in [1.807, 2.05) is 35.2 Å². The van der Waals surface area contributed by atoms with E-state index >= 15 is 0 Å². The van der Waals surface area contributed by atoms with Gasteiger partial charge in [-0.15, -0.1) is 0 Å². The van der Waals surface area contributed by atoms with Crippen molar-refractivity contribution in [3.8, 4) is 23.0 Å². The highest BCUT2D eigenvalue weighted by atomic mass is 32.1. The van der Waals surface area contributed by atoms with E-state index in [-0.39, 0.29) is 49.6 Å². The molecule has 58 heavy (non-hydrogen) atoms. The van der Waals surface area contributed by atoms with E-state index in [0.29, 0.717) is 55.0 Å². The summed E-state index contributed by atoms with van der Waals surface area (Å²) >= 11 is 5.23. The number of unbranched alkanes of at least 4 members (excludes halogenated alkanes) is 1. The Morgan fingerprint density at radius 2 is 1.79 bits per heavy atom. The van der Waals surface area contributed by atoms with Gasteiger partial charge in [0.05, 0.1) is 5.52 Å². The van der Waals surface area contributed by atoms with Gasteiger partial charge in [-0.1, -0.05) is 54.4 Å². The van der Waals surface area contributed by atoms with E-state index in [9.17, 15) is 28.0 Å². The molecule has 0 spiro atoms. The summed E-state index contributed by atoms with van der Waals surface area (Å²) < 4.78 is 30.4. The van der Waals surface area contributed by atoms with Gasteiger partial charge in [0.1, 0.15) is 11.0 Å². The molecule has 4 aliphatic rings. The largest absolute Gasteiger partial charge is 0.389 e. The molecule has 1 unspecified atom stereocenters. The molecule has 4 aromatic rings. The monoisotopic (exact) mass is 804 g/mol. The third kappa shape index (κ3) is 8.21. The Balaban J connectivity index is 0.816. The number of benzene rings is 3. The van der Waals surface area contributed by atoms with Crippen LogP contribution in [0.3, 0.4) is 0 Å². The molecule has 3 fully saturated rings. The first-order valence-corrected chi connectivity index (χ1v) is 20.5. The Morgan fingerprint density at radius 3 is 2.57 bits per heavy atom. The predicted molar refractivity (Wildman–Crippen MR) is 222 cm³/mol. The molecular formula is C45H46F2N6O4S. The maximum Gasteiger partial charge on any atom is 0.255 e. The molecule has 1 atom stereocenters. The number of alkyl halides is 2. The van der Waals surface area contributed by atoms with Crippen molar-refractivity contribution in [2.45, 2.75) is 88.8 Å². The van der Waals surface area contributed by atoms with Gasteiger partial charge in [-0.05, 0) is 79.5 Å². The number of nitrogens with two attached hydrogens (primary N) is 1. The molecular weight excluding hydrogens is 759 g/mol. The first kappa shape index (κ1) is 39.2. The number of carbonyl (C=O) groups is 4. The number of fused-ring (bicyclic) bond motifs is 2. The minimum atomic E-state index is -2.61. The first-order valence-electron chi connectivity index (χ1n) is 20.1. The second-order valence-corrected chi connectivity index (χ2v) is 16.4. The zero-order chi connectivity index (χ0) is 40.6.